The first-order valence-corrected chi connectivity index (χ1v) is 7.63. The van der Waals surface area contributed by atoms with Crippen molar-refractivity contribution in [3.05, 3.63) is 65.0 Å². The number of carbonyl (C=O) groups is 1. The van der Waals surface area contributed by atoms with Gasteiger partial charge in [-0.1, -0.05) is 11.6 Å². The number of nitrogens with two attached hydrogens (primary N) is 1. The topological polar surface area (TPSA) is 93.8 Å². The first-order valence-electron chi connectivity index (χ1n) is 7.25. The van der Waals surface area contributed by atoms with Crippen molar-refractivity contribution < 1.29 is 9.18 Å². The first kappa shape index (κ1) is 16.8. The summed E-state index contributed by atoms with van der Waals surface area (Å²) in [6.07, 6.45) is 4.61. The number of nitrogens with one attached hydrogen (secondary N) is 1. The van der Waals surface area contributed by atoms with Crippen LogP contribution in [0.3, 0.4) is 0 Å². The summed E-state index contributed by atoms with van der Waals surface area (Å²) in [4.78, 5) is 23.9. The Bertz CT molecular complexity index is 964. The molecule has 3 aromatic rings. The van der Waals surface area contributed by atoms with Gasteiger partial charge < -0.3 is 11.1 Å². The van der Waals surface area contributed by atoms with Crippen LogP contribution in [-0.2, 0) is 0 Å². The molecule has 3 N–H and O–H groups in total. The lowest BCUT2D eigenvalue weighted by atomic mass is 10.1. The van der Waals surface area contributed by atoms with E-state index in [4.69, 9.17) is 17.3 Å². The van der Waals surface area contributed by atoms with Crippen LogP contribution in [0.2, 0.25) is 5.02 Å². The maximum atomic E-state index is 13.2. The summed E-state index contributed by atoms with van der Waals surface area (Å²) in [5.41, 5.74) is 8.23. The van der Waals surface area contributed by atoms with Gasteiger partial charge in [-0.3, -0.25) is 9.78 Å². The highest BCUT2D eigenvalue weighted by molar-refractivity contribution is 6.31. The number of amides is 1. The number of hydrogen-bond acceptors (Lipinski definition) is 5. The number of primary amides is 1. The Morgan fingerprint density at radius 2 is 2.04 bits per heavy atom. The molecule has 1 amide bonds. The molecule has 0 aliphatic rings. The molecule has 0 aliphatic carbocycles. The minimum absolute atomic E-state index is 0.00711. The Labute approximate surface area is 147 Å². The molecule has 0 aliphatic heterocycles. The van der Waals surface area contributed by atoms with Crippen LogP contribution in [0.5, 0.6) is 0 Å². The van der Waals surface area contributed by atoms with Crippen molar-refractivity contribution >= 4 is 29.1 Å². The van der Waals surface area contributed by atoms with Crippen molar-refractivity contribution in [2.75, 3.05) is 5.32 Å². The van der Waals surface area contributed by atoms with Crippen LogP contribution in [0.15, 0.2) is 42.9 Å². The van der Waals surface area contributed by atoms with Gasteiger partial charge in [-0.15, -0.1) is 0 Å². The van der Waals surface area contributed by atoms with Gasteiger partial charge in [-0.2, -0.15) is 0 Å². The maximum Gasteiger partial charge on any atom is 0.250 e. The Hall–Kier alpha value is -3.06. The molecule has 0 atom stereocenters. The van der Waals surface area contributed by atoms with Gasteiger partial charge in [0.05, 0.1) is 16.3 Å². The average Bonchev–Trinajstić information content (AvgIpc) is 2.58. The van der Waals surface area contributed by atoms with Crippen molar-refractivity contribution in [2.24, 2.45) is 5.73 Å². The molecule has 0 unspecified atom stereocenters. The van der Waals surface area contributed by atoms with Crippen LogP contribution in [0, 0.1) is 12.7 Å². The third-order valence-electron chi connectivity index (χ3n) is 3.49. The maximum absolute atomic E-state index is 13.2. The molecule has 1 aromatic carbocycles. The monoisotopic (exact) mass is 357 g/mol. The Kier molecular flexibility index (Phi) is 4.58. The fourth-order valence-corrected chi connectivity index (χ4v) is 2.42. The number of rotatable bonds is 4. The normalized spacial score (nSPS) is 10.5. The van der Waals surface area contributed by atoms with Gasteiger partial charge in [0.25, 0.3) is 0 Å². The number of aryl methyl sites for hydroxylation is 1. The second kappa shape index (κ2) is 6.82. The zero-order chi connectivity index (χ0) is 18.0. The summed E-state index contributed by atoms with van der Waals surface area (Å²) in [6, 6.07) is 5.87. The van der Waals surface area contributed by atoms with E-state index >= 15 is 0 Å². The molecule has 0 fully saturated rings. The summed E-state index contributed by atoms with van der Waals surface area (Å²) >= 11 is 5.76. The van der Waals surface area contributed by atoms with E-state index in [1.807, 2.05) is 0 Å². The number of benzene rings is 1. The van der Waals surface area contributed by atoms with Gasteiger partial charge in [-0.25, -0.2) is 14.4 Å². The van der Waals surface area contributed by atoms with Crippen LogP contribution in [-0.4, -0.2) is 20.9 Å². The quantitative estimate of drug-likeness (QED) is 0.745. The largest absolute Gasteiger partial charge is 0.366 e. The van der Waals surface area contributed by atoms with Gasteiger partial charge in [0.1, 0.15) is 5.82 Å². The van der Waals surface area contributed by atoms with Crippen LogP contribution < -0.4 is 11.1 Å². The molecule has 126 valence electrons. The molecule has 0 spiro atoms. The number of halogens is 2. The highest BCUT2D eigenvalue weighted by atomic mass is 35.5. The van der Waals surface area contributed by atoms with Gasteiger partial charge in [0, 0.05) is 35.4 Å². The highest BCUT2D eigenvalue weighted by Crippen LogP contribution is 2.25. The molecule has 0 bridgehead atoms. The van der Waals surface area contributed by atoms with E-state index in [1.54, 1.807) is 25.4 Å². The van der Waals surface area contributed by atoms with Crippen molar-refractivity contribution in [2.45, 2.75) is 6.92 Å². The smallest absolute Gasteiger partial charge is 0.250 e. The lowest BCUT2D eigenvalue weighted by molar-refractivity contribution is 0.1000. The predicted molar refractivity (Wildman–Crippen MR) is 93.2 cm³/mol. The van der Waals surface area contributed by atoms with E-state index in [9.17, 15) is 9.18 Å². The second-order valence-corrected chi connectivity index (χ2v) is 5.68. The number of hydrogen-bond donors (Lipinski definition) is 2. The molecule has 6 nitrogen and oxygen atoms in total. The van der Waals surface area contributed by atoms with E-state index in [0.29, 0.717) is 28.5 Å². The van der Waals surface area contributed by atoms with Gasteiger partial charge in [-0.05, 0) is 31.2 Å². The molecule has 2 aromatic heterocycles. The van der Waals surface area contributed by atoms with E-state index in [-0.39, 0.29) is 5.02 Å². The van der Waals surface area contributed by atoms with Crippen molar-refractivity contribution in [3.63, 3.8) is 0 Å². The molecule has 2 heterocycles. The molecule has 0 saturated heterocycles. The van der Waals surface area contributed by atoms with Crippen LogP contribution >= 0.6 is 11.6 Å². The summed E-state index contributed by atoms with van der Waals surface area (Å²) in [7, 11) is 0. The summed E-state index contributed by atoms with van der Waals surface area (Å²) in [5.74, 6) is -0.719. The molecular weight excluding hydrogens is 345 g/mol. The molecule has 8 heteroatoms. The minimum atomic E-state index is -0.556. The molecule has 0 radical (unpaired) electrons. The summed E-state index contributed by atoms with van der Waals surface area (Å²) in [6.45, 7) is 1.80. The van der Waals surface area contributed by atoms with Crippen molar-refractivity contribution in [1.82, 2.24) is 15.0 Å². The standard InChI is InChI=1S/C17H13ClFN5O/c1-9-13(10-4-11(16(20)25)7-21-6-10)8-22-17(23-9)24-12-2-3-15(19)14(18)5-12/h2-8H,1H3,(H2,20,25)(H,22,23,24). The number of aromatic nitrogens is 3. The second-order valence-electron chi connectivity index (χ2n) is 5.27. The fraction of sp³-hybridized carbons (Fsp3) is 0.0588. The van der Waals surface area contributed by atoms with Crippen LogP contribution in [0.25, 0.3) is 11.1 Å². The molecule has 3 rings (SSSR count). The van der Waals surface area contributed by atoms with E-state index in [0.717, 1.165) is 5.56 Å². The predicted octanol–water partition coefficient (Wildman–Crippen LogP) is 3.48. The summed E-state index contributed by atoms with van der Waals surface area (Å²) in [5, 5.41) is 2.97. The molecular formula is C17H13ClFN5O. The van der Waals surface area contributed by atoms with E-state index < -0.39 is 11.7 Å². The lowest BCUT2D eigenvalue weighted by Crippen LogP contribution is -2.11. The molecule has 0 saturated carbocycles. The van der Waals surface area contributed by atoms with E-state index in [2.05, 4.69) is 20.3 Å². The van der Waals surface area contributed by atoms with E-state index in [1.165, 1.54) is 24.4 Å². The Morgan fingerprint density at radius 3 is 2.72 bits per heavy atom. The third kappa shape index (κ3) is 3.72. The van der Waals surface area contributed by atoms with Gasteiger partial charge in [0.15, 0.2) is 0 Å². The fourth-order valence-electron chi connectivity index (χ4n) is 2.24. The average molecular weight is 358 g/mol. The van der Waals surface area contributed by atoms with Crippen LogP contribution in [0.4, 0.5) is 16.0 Å². The SMILES string of the molecule is Cc1nc(Nc2ccc(F)c(Cl)c2)ncc1-c1cncc(C(N)=O)c1. The first-order chi connectivity index (χ1) is 11.9. The van der Waals surface area contributed by atoms with Crippen molar-refractivity contribution in [3.8, 4) is 11.1 Å². The number of nitrogens with zero attached hydrogens (tertiary/aromatic N) is 3. The van der Waals surface area contributed by atoms with Crippen molar-refractivity contribution in [1.29, 1.82) is 0 Å². The Morgan fingerprint density at radius 1 is 1.24 bits per heavy atom. The number of carbonyl (C=O) groups excluding carboxylic acids is 1. The Balaban J connectivity index is 1.89. The number of pyridine rings is 1. The highest BCUT2D eigenvalue weighted by Gasteiger charge is 2.10. The van der Waals surface area contributed by atoms with Gasteiger partial charge in [0.2, 0.25) is 11.9 Å². The van der Waals surface area contributed by atoms with Crippen LogP contribution in [0.1, 0.15) is 16.1 Å². The minimum Gasteiger partial charge on any atom is -0.366 e. The number of anilines is 2. The zero-order valence-corrected chi connectivity index (χ0v) is 13.9. The zero-order valence-electron chi connectivity index (χ0n) is 13.1. The summed E-state index contributed by atoms with van der Waals surface area (Å²) < 4.78 is 13.2. The van der Waals surface area contributed by atoms with Gasteiger partial charge >= 0.3 is 0 Å². The molecule has 25 heavy (non-hydrogen) atoms. The lowest BCUT2D eigenvalue weighted by Gasteiger charge is -2.09. The third-order valence-corrected chi connectivity index (χ3v) is 3.78.